The Balaban J connectivity index is 2.06. The minimum atomic E-state index is 0.627. The fourth-order valence-electron chi connectivity index (χ4n) is 1.43. The highest BCUT2D eigenvalue weighted by Crippen LogP contribution is 2.40. The summed E-state index contributed by atoms with van der Waals surface area (Å²) in [5, 5.41) is 3.11. The molecule has 0 atom stereocenters. The van der Waals surface area contributed by atoms with Gasteiger partial charge in [0, 0.05) is 18.9 Å². The third-order valence-corrected chi connectivity index (χ3v) is 2.44. The summed E-state index contributed by atoms with van der Waals surface area (Å²) in [7, 11) is 1.95. The number of hydrogen-bond acceptors (Lipinski definition) is 3. The lowest BCUT2D eigenvalue weighted by Crippen LogP contribution is -2.10. The molecule has 3 heteroatoms. The van der Waals surface area contributed by atoms with E-state index in [1.54, 1.807) is 0 Å². The van der Waals surface area contributed by atoms with Crippen molar-refractivity contribution in [1.82, 2.24) is 10.3 Å². The maximum absolute atomic E-state index is 5.69. The summed E-state index contributed by atoms with van der Waals surface area (Å²) in [5.74, 6) is 2.64. The highest BCUT2D eigenvalue weighted by atomic mass is 16.4. The van der Waals surface area contributed by atoms with E-state index in [0.29, 0.717) is 5.92 Å². The molecule has 0 saturated heterocycles. The number of aryl methyl sites for hydroxylation is 1. The van der Waals surface area contributed by atoms with E-state index in [1.807, 2.05) is 14.0 Å². The summed E-state index contributed by atoms with van der Waals surface area (Å²) >= 11 is 0. The maximum Gasteiger partial charge on any atom is 0.197 e. The summed E-state index contributed by atoms with van der Waals surface area (Å²) in [5.41, 5.74) is 1.07. The van der Waals surface area contributed by atoms with Crippen LogP contribution >= 0.6 is 0 Å². The average molecular weight is 180 g/mol. The van der Waals surface area contributed by atoms with E-state index in [2.05, 4.69) is 10.3 Å². The van der Waals surface area contributed by atoms with Crippen molar-refractivity contribution < 1.29 is 4.42 Å². The Labute approximate surface area is 78.5 Å². The molecule has 13 heavy (non-hydrogen) atoms. The van der Waals surface area contributed by atoms with Gasteiger partial charge in [-0.3, -0.25) is 0 Å². The van der Waals surface area contributed by atoms with Crippen molar-refractivity contribution >= 4 is 0 Å². The fraction of sp³-hybridized carbons (Fsp3) is 0.700. The van der Waals surface area contributed by atoms with Crippen molar-refractivity contribution in [2.75, 3.05) is 13.6 Å². The second-order valence-corrected chi connectivity index (χ2v) is 3.69. The molecule has 1 N–H and O–H groups in total. The summed E-state index contributed by atoms with van der Waals surface area (Å²) in [6.07, 6.45) is 3.46. The molecule has 2 rings (SSSR count). The van der Waals surface area contributed by atoms with Crippen molar-refractivity contribution in [3.8, 4) is 0 Å². The molecule has 0 unspecified atom stereocenters. The van der Waals surface area contributed by atoms with Crippen LogP contribution in [0.5, 0.6) is 0 Å². The molecule has 1 fully saturated rings. The molecule has 1 aliphatic rings. The molecule has 0 spiro atoms. The van der Waals surface area contributed by atoms with Crippen LogP contribution in [0.2, 0.25) is 0 Å². The first-order valence-electron chi connectivity index (χ1n) is 4.92. The van der Waals surface area contributed by atoms with Crippen LogP contribution in [0.15, 0.2) is 4.42 Å². The van der Waals surface area contributed by atoms with Crippen molar-refractivity contribution in [1.29, 1.82) is 0 Å². The Hall–Kier alpha value is -0.830. The van der Waals surface area contributed by atoms with Gasteiger partial charge in [-0.25, -0.2) is 4.98 Å². The summed E-state index contributed by atoms with van der Waals surface area (Å²) in [4.78, 5) is 4.43. The molecule has 1 heterocycles. The second kappa shape index (κ2) is 3.50. The molecule has 0 radical (unpaired) electrons. The number of aromatic nitrogens is 1. The van der Waals surface area contributed by atoms with Gasteiger partial charge in [0.25, 0.3) is 0 Å². The van der Waals surface area contributed by atoms with E-state index < -0.39 is 0 Å². The Morgan fingerprint density at radius 3 is 2.92 bits per heavy atom. The van der Waals surface area contributed by atoms with Crippen LogP contribution in [0.4, 0.5) is 0 Å². The first-order chi connectivity index (χ1) is 6.31. The Morgan fingerprint density at radius 1 is 1.54 bits per heavy atom. The smallest absolute Gasteiger partial charge is 0.197 e. The van der Waals surface area contributed by atoms with Crippen LogP contribution in [-0.2, 0) is 6.42 Å². The standard InChI is InChI=1S/C10H16N2O/c1-7-9(5-6-11-2)13-10(12-7)8-3-4-8/h8,11H,3-6H2,1-2H3. The number of likely N-dealkylation sites (N-methyl/N-ethyl adjacent to an activating group) is 1. The lowest BCUT2D eigenvalue weighted by molar-refractivity contribution is 0.452. The van der Waals surface area contributed by atoms with Gasteiger partial charge >= 0.3 is 0 Å². The number of nitrogens with zero attached hydrogens (tertiary/aromatic N) is 1. The maximum atomic E-state index is 5.69. The molecule has 0 bridgehead atoms. The lowest BCUT2D eigenvalue weighted by Gasteiger charge is -1.95. The summed E-state index contributed by atoms with van der Waals surface area (Å²) in [6.45, 7) is 2.99. The molecule has 1 aromatic heterocycles. The first-order valence-corrected chi connectivity index (χ1v) is 4.92. The Kier molecular flexibility index (Phi) is 2.36. The SMILES string of the molecule is CNCCc1oc(C2CC2)nc1C. The van der Waals surface area contributed by atoms with Crippen LogP contribution in [0.1, 0.15) is 36.1 Å². The van der Waals surface area contributed by atoms with Crippen molar-refractivity contribution in [2.24, 2.45) is 0 Å². The Bertz CT molecular complexity index is 289. The predicted molar refractivity (Wildman–Crippen MR) is 50.8 cm³/mol. The van der Waals surface area contributed by atoms with Gasteiger partial charge in [0.2, 0.25) is 0 Å². The molecular weight excluding hydrogens is 164 g/mol. The van der Waals surface area contributed by atoms with Gasteiger partial charge in [-0.05, 0) is 26.8 Å². The molecule has 0 amide bonds. The molecule has 1 aliphatic carbocycles. The zero-order valence-electron chi connectivity index (χ0n) is 8.26. The van der Waals surface area contributed by atoms with E-state index >= 15 is 0 Å². The molecule has 1 saturated carbocycles. The molecule has 1 aromatic rings. The van der Waals surface area contributed by atoms with E-state index in [1.165, 1.54) is 12.8 Å². The van der Waals surface area contributed by atoms with E-state index in [-0.39, 0.29) is 0 Å². The van der Waals surface area contributed by atoms with Crippen LogP contribution < -0.4 is 5.32 Å². The normalized spacial score (nSPS) is 16.5. The van der Waals surface area contributed by atoms with E-state index in [9.17, 15) is 0 Å². The van der Waals surface area contributed by atoms with Gasteiger partial charge in [0.05, 0.1) is 5.69 Å². The number of nitrogens with one attached hydrogen (secondary N) is 1. The topological polar surface area (TPSA) is 38.1 Å². The van der Waals surface area contributed by atoms with Crippen LogP contribution in [0.3, 0.4) is 0 Å². The summed E-state index contributed by atoms with van der Waals surface area (Å²) < 4.78 is 5.69. The molecule has 0 aromatic carbocycles. The van der Waals surface area contributed by atoms with Gasteiger partial charge in [-0.15, -0.1) is 0 Å². The zero-order chi connectivity index (χ0) is 9.26. The zero-order valence-corrected chi connectivity index (χ0v) is 8.26. The van der Waals surface area contributed by atoms with Crippen molar-refractivity contribution in [3.63, 3.8) is 0 Å². The minimum absolute atomic E-state index is 0.627. The van der Waals surface area contributed by atoms with Gasteiger partial charge in [-0.2, -0.15) is 0 Å². The predicted octanol–water partition coefficient (Wildman–Crippen LogP) is 1.62. The molecule has 0 aliphatic heterocycles. The Morgan fingerprint density at radius 2 is 2.31 bits per heavy atom. The van der Waals surface area contributed by atoms with Crippen molar-refractivity contribution in [2.45, 2.75) is 32.1 Å². The lowest BCUT2D eigenvalue weighted by atomic mass is 10.3. The van der Waals surface area contributed by atoms with Gasteiger partial charge < -0.3 is 9.73 Å². The van der Waals surface area contributed by atoms with E-state index in [0.717, 1.165) is 30.3 Å². The highest BCUT2D eigenvalue weighted by molar-refractivity contribution is 5.13. The fourth-order valence-corrected chi connectivity index (χ4v) is 1.43. The van der Waals surface area contributed by atoms with Crippen LogP contribution in [0, 0.1) is 6.92 Å². The second-order valence-electron chi connectivity index (χ2n) is 3.69. The largest absolute Gasteiger partial charge is 0.445 e. The molecular formula is C10H16N2O. The highest BCUT2D eigenvalue weighted by Gasteiger charge is 2.29. The average Bonchev–Trinajstić information content (AvgIpc) is 2.89. The monoisotopic (exact) mass is 180 g/mol. The summed E-state index contributed by atoms with van der Waals surface area (Å²) in [6, 6.07) is 0. The van der Waals surface area contributed by atoms with Crippen molar-refractivity contribution in [3.05, 3.63) is 17.3 Å². The first kappa shape index (κ1) is 8.75. The minimum Gasteiger partial charge on any atom is -0.445 e. The third-order valence-electron chi connectivity index (χ3n) is 2.44. The van der Waals surface area contributed by atoms with Gasteiger partial charge in [0.15, 0.2) is 5.89 Å². The number of hydrogen-bond donors (Lipinski definition) is 1. The van der Waals surface area contributed by atoms with E-state index in [4.69, 9.17) is 4.42 Å². The van der Waals surface area contributed by atoms with Gasteiger partial charge in [0.1, 0.15) is 5.76 Å². The quantitative estimate of drug-likeness (QED) is 0.765. The molecule has 72 valence electrons. The third kappa shape index (κ3) is 1.91. The van der Waals surface area contributed by atoms with Crippen LogP contribution in [-0.4, -0.2) is 18.6 Å². The number of rotatable bonds is 4. The number of oxazole rings is 1. The van der Waals surface area contributed by atoms with Gasteiger partial charge in [-0.1, -0.05) is 0 Å². The van der Waals surface area contributed by atoms with Crippen LogP contribution in [0.25, 0.3) is 0 Å². The molecule has 3 nitrogen and oxygen atoms in total.